The van der Waals surface area contributed by atoms with Gasteiger partial charge in [0.25, 0.3) is 5.91 Å². The van der Waals surface area contributed by atoms with Crippen LogP contribution in [0.15, 0.2) is 42.5 Å². The molecule has 2 aromatic heterocycles. The van der Waals surface area contributed by atoms with Crippen LogP contribution in [0.25, 0.3) is 0 Å². The molecule has 2 amide bonds. The van der Waals surface area contributed by atoms with E-state index in [1.165, 1.54) is 12.1 Å². The van der Waals surface area contributed by atoms with Gasteiger partial charge in [-0.2, -0.15) is 0 Å². The van der Waals surface area contributed by atoms with Crippen LogP contribution in [0.5, 0.6) is 0 Å². The average molecular weight is 423 g/mol. The molecule has 0 saturated heterocycles. The summed E-state index contributed by atoms with van der Waals surface area (Å²) < 4.78 is 13.3. The Hall–Kier alpha value is -3.68. The molecule has 7 nitrogen and oxygen atoms in total. The van der Waals surface area contributed by atoms with E-state index in [-0.39, 0.29) is 30.6 Å². The summed E-state index contributed by atoms with van der Waals surface area (Å²) in [6.07, 6.45) is 0.218. The summed E-state index contributed by atoms with van der Waals surface area (Å²) in [5, 5.41) is 5.65. The highest BCUT2D eigenvalue weighted by atomic mass is 19.1. The van der Waals surface area contributed by atoms with Crippen molar-refractivity contribution in [1.82, 2.24) is 20.6 Å². The molecule has 3 rings (SSSR count). The Bertz CT molecular complexity index is 1090. The molecule has 0 fully saturated rings. The minimum Gasteiger partial charge on any atom is -0.384 e. The maximum absolute atomic E-state index is 13.3. The van der Waals surface area contributed by atoms with Crippen LogP contribution in [0.3, 0.4) is 0 Å². The number of H-pyrrole nitrogens is 1. The molecule has 162 valence electrons. The maximum atomic E-state index is 13.3. The van der Waals surface area contributed by atoms with Crippen LogP contribution in [-0.4, -0.2) is 27.8 Å². The first-order valence-electron chi connectivity index (χ1n) is 9.94. The van der Waals surface area contributed by atoms with Gasteiger partial charge in [-0.15, -0.1) is 0 Å². The van der Waals surface area contributed by atoms with Gasteiger partial charge in [-0.25, -0.2) is 9.37 Å². The molecular formula is C23H26FN5O2. The third-order valence-corrected chi connectivity index (χ3v) is 5.02. The molecule has 0 aliphatic rings. The second-order valence-electron chi connectivity index (χ2n) is 7.57. The number of nitrogen functional groups attached to an aromatic ring is 1. The number of pyridine rings is 1. The van der Waals surface area contributed by atoms with E-state index in [2.05, 4.69) is 20.6 Å². The van der Waals surface area contributed by atoms with Crippen LogP contribution in [0.4, 0.5) is 10.2 Å². The van der Waals surface area contributed by atoms with E-state index in [4.69, 9.17) is 5.73 Å². The first-order valence-corrected chi connectivity index (χ1v) is 9.94. The largest absolute Gasteiger partial charge is 0.384 e. The molecule has 1 aromatic carbocycles. The third kappa shape index (κ3) is 5.69. The summed E-state index contributed by atoms with van der Waals surface area (Å²) in [5.74, 6) is -0.684. The molecule has 8 heteroatoms. The van der Waals surface area contributed by atoms with E-state index in [0.29, 0.717) is 11.5 Å². The van der Waals surface area contributed by atoms with E-state index in [1.807, 2.05) is 26.8 Å². The van der Waals surface area contributed by atoms with Crippen LogP contribution in [0.1, 0.15) is 38.6 Å². The van der Waals surface area contributed by atoms with Crippen molar-refractivity contribution in [3.05, 3.63) is 82.1 Å². The molecule has 5 N–H and O–H groups in total. The van der Waals surface area contributed by atoms with Gasteiger partial charge in [0.05, 0.1) is 0 Å². The summed E-state index contributed by atoms with van der Waals surface area (Å²) >= 11 is 0. The van der Waals surface area contributed by atoms with E-state index < -0.39 is 6.04 Å². The minimum absolute atomic E-state index is 0.218. The fourth-order valence-corrected chi connectivity index (χ4v) is 3.36. The lowest BCUT2D eigenvalue weighted by Gasteiger charge is -2.19. The number of anilines is 1. The monoisotopic (exact) mass is 423 g/mol. The number of nitrogens with two attached hydrogens (primary N) is 1. The number of nitrogens with one attached hydrogen (secondary N) is 3. The number of amides is 2. The summed E-state index contributed by atoms with van der Waals surface area (Å²) in [6, 6.07) is 10.3. The highest BCUT2D eigenvalue weighted by molar-refractivity contribution is 5.97. The van der Waals surface area contributed by atoms with E-state index in [0.717, 1.165) is 28.1 Å². The van der Waals surface area contributed by atoms with Gasteiger partial charge in [0.15, 0.2) is 0 Å². The van der Waals surface area contributed by atoms with Gasteiger partial charge in [-0.05, 0) is 61.7 Å². The molecule has 0 spiro atoms. The molecule has 2 heterocycles. The van der Waals surface area contributed by atoms with E-state index >= 15 is 0 Å². The first kappa shape index (κ1) is 22.0. The Kier molecular flexibility index (Phi) is 6.69. The Morgan fingerprint density at radius 1 is 1.13 bits per heavy atom. The molecule has 1 atom stereocenters. The van der Waals surface area contributed by atoms with Gasteiger partial charge in [0.2, 0.25) is 5.91 Å². The zero-order chi connectivity index (χ0) is 22.5. The van der Waals surface area contributed by atoms with Crippen LogP contribution < -0.4 is 16.4 Å². The molecular weight excluding hydrogens is 397 g/mol. The van der Waals surface area contributed by atoms with Gasteiger partial charge in [0.1, 0.15) is 23.4 Å². The fraction of sp³-hybridized carbons (Fsp3) is 0.261. The molecule has 0 aliphatic heterocycles. The third-order valence-electron chi connectivity index (χ3n) is 5.02. The SMILES string of the molecule is Cc1cc(C)c(C(=O)N[C@@H](Cc2ccc(F)cc2)C(=O)NCc2ccc(N)nc2C)[nH]1. The molecule has 0 unspecified atom stereocenters. The van der Waals surface area contributed by atoms with Gasteiger partial charge < -0.3 is 21.4 Å². The average Bonchev–Trinajstić information content (AvgIpc) is 3.06. The van der Waals surface area contributed by atoms with Crippen LogP contribution in [0.2, 0.25) is 0 Å². The van der Waals surface area contributed by atoms with Crippen LogP contribution >= 0.6 is 0 Å². The van der Waals surface area contributed by atoms with Crippen molar-refractivity contribution in [2.24, 2.45) is 0 Å². The number of hydrogen-bond donors (Lipinski definition) is 4. The Morgan fingerprint density at radius 3 is 2.45 bits per heavy atom. The topological polar surface area (TPSA) is 113 Å². The number of benzene rings is 1. The lowest BCUT2D eigenvalue weighted by molar-refractivity contribution is -0.123. The molecule has 0 aliphatic carbocycles. The zero-order valence-corrected chi connectivity index (χ0v) is 17.8. The lowest BCUT2D eigenvalue weighted by Crippen LogP contribution is -2.48. The molecule has 0 radical (unpaired) electrons. The number of hydrogen-bond acceptors (Lipinski definition) is 4. The number of rotatable bonds is 7. The molecule has 3 aromatic rings. The van der Waals surface area contributed by atoms with Gasteiger partial charge >= 0.3 is 0 Å². The Balaban J connectivity index is 1.76. The summed E-state index contributed by atoms with van der Waals surface area (Å²) in [5.41, 5.74) is 10.0. The number of aryl methyl sites for hydroxylation is 3. The predicted molar refractivity (Wildman–Crippen MR) is 117 cm³/mol. The second-order valence-corrected chi connectivity index (χ2v) is 7.57. The summed E-state index contributed by atoms with van der Waals surface area (Å²) in [4.78, 5) is 33.0. The van der Waals surface area contributed by atoms with Gasteiger partial charge in [-0.1, -0.05) is 18.2 Å². The summed E-state index contributed by atoms with van der Waals surface area (Å²) in [7, 11) is 0. The maximum Gasteiger partial charge on any atom is 0.268 e. The first-order chi connectivity index (χ1) is 14.7. The van der Waals surface area contributed by atoms with Gasteiger partial charge in [-0.3, -0.25) is 9.59 Å². The van der Waals surface area contributed by atoms with Crippen molar-refractivity contribution in [3.8, 4) is 0 Å². The predicted octanol–water partition coefficient (Wildman–Crippen LogP) is 2.71. The van der Waals surface area contributed by atoms with Crippen molar-refractivity contribution in [2.75, 3.05) is 5.73 Å². The zero-order valence-electron chi connectivity index (χ0n) is 17.8. The lowest BCUT2D eigenvalue weighted by atomic mass is 10.0. The number of aromatic amines is 1. The normalized spacial score (nSPS) is 11.7. The van der Waals surface area contributed by atoms with E-state index in [9.17, 15) is 14.0 Å². The van der Waals surface area contributed by atoms with Crippen molar-refractivity contribution in [3.63, 3.8) is 0 Å². The van der Waals surface area contributed by atoms with Crippen molar-refractivity contribution in [1.29, 1.82) is 0 Å². The Morgan fingerprint density at radius 2 is 1.84 bits per heavy atom. The standard InChI is InChI=1S/C23H26FN5O2/c1-13-10-14(2)27-21(13)23(31)29-19(11-16-4-7-18(24)8-5-16)22(30)26-12-17-6-9-20(25)28-15(17)3/h4-10,19,27H,11-12H2,1-3H3,(H2,25,28)(H,26,30)(H,29,31)/t19-/m0/s1. The summed E-state index contributed by atoms with van der Waals surface area (Å²) in [6.45, 7) is 5.74. The van der Waals surface area contributed by atoms with Crippen molar-refractivity contribution >= 4 is 17.6 Å². The van der Waals surface area contributed by atoms with E-state index in [1.54, 1.807) is 24.3 Å². The number of carbonyl (C=O) groups excluding carboxylic acids is 2. The van der Waals surface area contributed by atoms with Gasteiger partial charge in [0, 0.05) is 24.4 Å². The Labute approximate surface area is 180 Å². The van der Waals surface area contributed by atoms with Crippen molar-refractivity contribution in [2.45, 2.75) is 39.8 Å². The smallest absolute Gasteiger partial charge is 0.268 e. The highest BCUT2D eigenvalue weighted by Crippen LogP contribution is 2.12. The van der Waals surface area contributed by atoms with Crippen molar-refractivity contribution < 1.29 is 14.0 Å². The fourth-order valence-electron chi connectivity index (χ4n) is 3.36. The highest BCUT2D eigenvalue weighted by Gasteiger charge is 2.23. The second kappa shape index (κ2) is 9.42. The quantitative estimate of drug-likeness (QED) is 0.468. The van der Waals surface area contributed by atoms with Crippen LogP contribution in [-0.2, 0) is 17.8 Å². The molecule has 31 heavy (non-hydrogen) atoms. The number of carbonyl (C=O) groups is 2. The number of halogens is 1. The van der Waals surface area contributed by atoms with Crippen LogP contribution in [0, 0.1) is 26.6 Å². The molecule has 0 saturated carbocycles. The molecule has 0 bridgehead atoms. The minimum atomic E-state index is -0.844. The number of aromatic nitrogens is 2. The number of nitrogens with zero attached hydrogens (tertiary/aromatic N) is 1.